The minimum atomic E-state index is -0.697. The summed E-state index contributed by atoms with van der Waals surface area (Å²) in [5.74, 6) is 0.532. The number of nitrogens with zero attached hydrogens (tertiary/aromatic N) is 4. The van der Waals surface area contributed by atoms with Crippen molar-refractivity contribution in [1.82, 2.24) is 19.7 Å². The molecule has 106 valence electrons. The van der Waals surface area contributed by atoms with Gasteiger partial charge in [-0.2, -0.15) is 5.10 Å². The molecule has 1 unspecified atom stereocenters. The zero-order valence-electron chi connectivity index (χ0n) is 11.6. The number of hydrogen-bond acceptors (Lipinski definition) is 4. The van der Waals surface area contributed by atoms with Crippen LogP contribution in [0.25, 0.3) is 0 Å². The molecule has 19 heavy (non-hydrogen) atoms. The first-order valence-electron chi connectivity index (χ1n) is 6.88. The van der Waals surface area contributed by atoms with Crippen molar-refractivity contribution < 1.29 is 9.90 Å². The highest BCUT2D eigenvalue weighted by atomic mass is 16.4. The van der Waals surface area contributed by atoms with Crippen molar-refractivity contribution in [3.8, 4) is 0 Å². The van der Waals surface area contributed by atoms with Crippen molar-refractivity contribution in [3.05, 3.63) is 12.2 Å². The Morgan fingerprint density at radius 2 is 2.37 bits per heavy atom. The molecule has 0 bridgehead atoms. The minimum Gasteiger partial charge on any atom is -0.481 e. The largest absolute Gasteiger partial charge is 0.481 e. The van der Waals surface area contributed by atoms with Gasteiger partial charge in [-0.05, 0) is 39.2 Å². The van der Waals surface area contributed by atoms with Gasteiger partial charge in [0.15, 0.2) is 0 Å². The molecule has 1 atom stereocenters. The number of piperidine rings is 1. The molecule has 0 aromatic carbocycles. The summed E-state index contributed by atoms with van der Waals surface area (Å²) in [5, 5.41) is 13.1. The highest BCUT2D eigenvalue weighted by molar-refractivity contribution is 5.67. The Kier molecular flexibility index (Phi) is 4.52. The average molecular weight is 266 g/mol. The third kappa shape index (κ3) is 3.76. The molecule has 0 radical (unpaired) electrons. The molecule has 0 saturated carbocycles. The fourth-order valence-electron chi connectivity index (χ4n) is 2.73. The first-order valence-corrected chi connectivity index (χ1v) is 6.88. The second-order valence-electron chi connectivity index (χ2n) is 5.56. The maximum atomic E-state index is 10.8. The summed E-state index contributed by atoms with van der Waals surface area (Å²) in [5.41, 5.74) is 0. The van der Waals surface area contributed by atoms with Crippen molar-refractivity contribution in [1.29, 1.82) is 0 Å². The van der Waals surface area contributed by atoms with Gasteiger partial charge in [-0.3, -0.25) is 9.69 Å². The van der Waals surface area contributed by atoms with Crippen LogP contribution in [0.2, 0.25) is 0 Å². The van der Waals surface area contributed by atoms with Gasteiger partial charge < -0.3 is 5.11 Å². The maximum Gasteiger partial charge on any atom is 0.303 e. The maximum absolute atomic E-state index is 10.8. The molecule has 2 rings (SSSR count). The molecule has 1 fully saturated rings. The van der Waals surface area contributed by atoms with Crippen LogP contribution in [0.3, 0.4) is 0 Å². The van der Waals surface area contributed by atoms with E-state index >= 15 is 0 Å². The molecule has 6 nitrogen and oxygen atoms in total. The Balaban J connectivity index is 1.95. The van der Waals surface area contributed by atoms with Gasteiger partial charge in [0.05, 0.1) is 6.54 Å². The summed E-state index contributed by atoms with van der Waals surface area (Å²) in [7, 11) is 0. The summed E-state index contributed by atoms with van der Waals surface area (Å²) in [6.45, 7) is 6.79. The first kappa shape index (κ1) is 14.0. The second-order valence-corrected chi connectivity index (χ2v) is 5.56. The molecule has 1 aliphatic heterocycles. The molecule has 1 aromatic rings. The average Bonchev–Trinajstić information content (AvgIpc) is 2.76. The standard InChI is InChI=1S/C13H22N4O2/c1-10(2)17-12(14-9-15-17)8-16-5-3-4-11(7-16)6-13(18)19/h9-11H,3-8H2,1-2H3,(H,18,19). The Hall–Kier alpha value is -1.43. The molecule has 0 aliphatic carbocycles. The van der Waals surface area contributed by atoms with Crippen molar-refractivity contribution in [2.45, 2.75) is 45.7 Å². The molecule has 1 aromatic heterocycles. The Labute approximate surface area is 113 Å². The molecule has 0 spiro atoms. The lowest BCUT2D eigenvalue weighted by molar-refractivity contribution is -0.138. The van der Waals surface area contributed by atoms with Crippen LogP contribution in [0.15, 0.2) is 6.33 Å². The number of likely N-dealkylation sites (tertiary alicyclic amines) is 1. The lowest BCUT2D eigenvalue weighted by Gasteiger charge is -2.31. The molecule has 1 N–H and O–H groups in total. The Morgan fingerprint density at radius 1 is 1.58 bits per heavy atom. The molecule has 1 saturated heterocycles. The van der Waals surface area contributed by atoms with Crippen molar-refractivity contribution in [2.24, 2.45) is 5.92 Å². The normalized spacial score (nSPS) is 20.9. The fraction of sp³-hybridized carbons (Fsp3) is 0.769. The number of carbonyl (C=O) groups is 1. The van der Waals surface area contributed by atoms with E-state index in [2.05, 4.69) is 28.8 Å². The van der Waals surface area contributed by atoms with Crippen LogP contribution in [0.4, 0.5) is 0 Å². The van der Waals surface area contributed by atoms with Crippen molar-refractivity contribution in [2.75, 3.05) is 13.1 Å². The lowest BCUT2D eigenvalue weighted by Crippen LogP contribution is -2.36. The van der Waals surface area contributed by atoms with Gasteiger partial charge in [0.1, 0.15) is 12.2 Å². The zero-order chi connectivity index (χ0) is 13.8. The quantitative estimate of drug-likeness (QED) is 0.875. The molecule has 6 heteroatoms. The van der Waals surface area contributed by atoms with Crippen LogP contribution in [-0.2, 0) is 11.3 Å². The van der Waals surface area contributed by atoms with Gasteiger partial charge in [-0.25, -0.2) is 9.67 Å². The third-order valence-electron chi connectivity index (χ3n) is 3.57. The number of carboxylic acid groups (broad SMARTS) is 1. The predicted octanol–water partition coefficient (Wildman–Crippen LogP) is 1.55. The van der Waals surface area contributed by atoms with E-state index in [0.717, 1.165) is 38.3 Å². The van der Waals surface area contributed by atoms with Gasteiger partial charge in [0.25, 0.3) is 0 Å². The molecule has 1 aliphatic rings. The highest BCUT2D eigenvalue weighted by Gasteiger charge is 2.23. The lowest BCUT2D eigenvalue weighted by atomic mass is 9.95. The van der Waals surface area contributed by atoms with E-state index < -0.39 is 5.97 Å². The summed E-state index contributed by atoms with van der Waals surface area (Å²) in [4.78, 5) is 17.4. The van der Waals surface area contributed by atoms with Crippen molar-refractivity contribution >= 4 is 5.97 Å². The van der Waals surface area contributed by atoms with Gasteiger partial charge in [-0.1, -0.05) is 0 Å². The molecule has 2 heterocycles. The van der Waals surface area contributed by atoms with E-state index in [1.54, 1.807) is 6.33 Å². The van der Waals surface area contributed by atoms with Gasteiger partial charge in [0, 0.05) is 19.0 Å². The van der Waals surface area contributed by atoms with Crippen molar-refractivity contribution in [3.63, 3.8) is 0 Å². The number of hydrogen-bond donors (Lipinski definition) is 1. The van der Waals surface area contributed by atoms with E-state index in [1.807, 2.05) is 4.68 Å². The van der Waals surface area contributed by atoms with E-state index in [4.69, 9.17) is 5.11 Å². The van der Waals surface area contributed by atoms with Crippen LogP contribution in [0.5, 0.6) is 0 Å². The van der Waals surface area contributed by atoms with E-state index in [9.17, 15) is 4.79 Å². The SMILES string of the molecule is CC(C)n1ncnc1CN1CCCC(CC(=O)O)C1. The Morgan fingerprint density at radius 3 is 3.05 bits per heavy atom. The molecule has 0 amide bonds. The highest BCUT2D eigenvalue weighted by Crippen LogP contribution is 2.21. The number of carboxylic acids is 1. The van der Waals surface area contributed by atoms with Crippen LogP contribution >= 0.6 is 0 Å². The number of rotatable bonds is 5. The fourth-order valence-corrected chi connectivity index (χ4v) is 2.73. The number of aliphatic carboxylic acids is 1. The zero-order valence-corrected chi connectivity index (χ0v) is 11.6. The summed E-state index contributed by atoms with van der Waals surface area (Å²) < 4.78 is 1.93. The van der Waals surface area contributed by atoms with E-state index in [1.165, 1.54) is 0 Å². The first-order chi connectivity index (χ1) is 9.06. The summed E-state index contributed by atoms with van der Waals surface area (Å²) in [6.07, 6.45) is 3.94. The topological polar surface area (TPSA) is 71.2 Å². The van der Waals surface area contributed by atoms with Crippen LogP contribution < -0.4 is 0 Å². The number of aromatic nitrogens is 3. The smallest absolute Gasteiger partial charge is 0.303 e. The Bertz CT molecular complexity index is 430. The second kappa shape index (κ2) is 6.14. The monoisotopic (exact) mass is 266 g/mol. The predicted molar refractivity (Wildman–Crippen MR) is 70.7 cm³/mol. The van der Waals surface area contributed by atoms with Gasteiger partial charge in [-0.15, -0.1) is 0 Å². The van der Waals surface area contributed by atoms with Gasteiger partial charge in [0.2, 0.25) is 0 Å². The summed E-state index contributed by atoms with van der Waals surface area (Å²) in [6, 6.07) is 0.303. The van der Waals surface area contributed by atoms with Crippen LogP contribution in [0, 0.1) is 5.92 Å². The minimum absolute atomic E-state index is 0.265. The van der Waals surface area contributed by atoms with E-state index in [-0.39, 0.29) is 12.3 Å². The molecular formula is C13H22N4O2. The third-order valence-corrected chi connectivity index (χ3v) is 3.57. The summed E-state index contributed by atoms with van der Waals surface area (Å²) >= 11 is 0. The van der Waals surface area contributed by atoms with E-state index in [0.29, 0.717) is 6.04 Å². The van der Waals surface area contributed by atoms with Gasteiger partial charge >= 0.3 is 5.97 Å². The van der Waals surface area contributed by atoms with Crippen LogP contribution in [0.1, 0.15) is 45.0 Å². The van der Waals surface area contributed by atoms with Crippen LogP contribution in [-0.4, -0.2) is 43.8 Å². The molecular weight excluding hydrogens is 244 g/mol.